The minimum absolute atomic E-state index is 0.0224. The van der Waals surface area contributed by atoms with Crippen LogP contribution in [0.4, 0.5) is 0 Å². The summed E-state index contributed by atoms with van der Waals surface area (Å²) in [5.74, 6) is -2.75. The summed E-state index contributed by atoms with van der Waals surface area (Å²) in [5.41, 5.74) is 2.92. The van der Waals surface area contributed by atoms with Crippen molar-refractivity contribution in [3.8, 4) is 5.75 Å². The number of ketones is 1. The average Bonchev–Trinajstić information content (AvgIpc) is 3.38. The Balaban J connectivity index is 1.41. The van der Waals surface area contributed by atoms with Crippen molar-refractivity contribution in [2.45, 2.75) is 46.1 Å². The van der Waals surface area contributed by atoms with Gasteiger partial charge in [0.1, 0.15) is 11.4 Å². The highest BCUT2D eigenvalue weighted by Gasteiger charge is 2.31. The zero-order valence-corrected chi connectivity index (χ0v) is 25.1. The number of nitrogens with zero attached hydrogens (tertiary/aromatic N) is 1. The van der Waals surface area contributed by atoms with Crippen LogP contribution in [0.2, 0.25) is 5.02 Å². The Hall–Kier alpha value is -4.45. The second kappa shape index (κ2) is 13.7. The van der Waals surface area contributed by atoms with Crippen molar-refractivity contribution in [3.63, 3.8) is 0 Å². The van der Waals surface area contributed by atoms with Gasteiger partial charge in [-0.2, -0.15) is 0 Å². The maximum absolute atomic E-state index is 13.2. The van der Waals surface area contributed by atoms with Gasteiger partial charge in [-0.1, -0.05) is 11.6 Å². The van der Waals surface area contributed by atoms with Crippen molar-refractivity contribution in [2.24, 2.45) is 5.92 Å². The lowest BCUT2D eigenvalue weighted by Crippen LogP contribution is -2.49. The number of benzene rings is 1. The number of nitrogens with one attached hydrogen (secondary N) is 4. The van der Waals surface area contributed by atoms with E-state index in [9.17, 15) is 24.0 Å². The number of ether oxygens (including phenoxy) is 2. The van der Waals surface area contributed by atoms with Crippen molar-refractivity contribution in [1.29, 1.82) is 0 Å². The molecule has 43 heavy (non-hydrogen) atoms. The molecule has 0 bridgehead atoms. The first kappa shape index (κ1) is 31.5. The number of halogens is 1. The molecular formula is C30H34ClN5O7. The van der Waals surface area contributed by atoms with E-state index in [-0.39, 0.29) is 23.6 Å². The third-order valence-electron chi connectivity index (χ3n) is 7.26. The molecular weight excluding hydrogens is 578 g/mol. The lowest BCUT2D eigenvalue weighted by atomic mass is 9.90. The number of amides is 3. The summed E-state index contributed by atoms with van der Waals surface area (Å²) in [6, 6.07) is 5.46. The van der Waals surface area contributed by atoms with E-state index >= 15 is 0 Å². The Morgan fingerprint density at radius 2 is 1.91 bits per heavy atom. The first-order valence-corrected chi connectivity index (χ1v) is 14.2. The van der Waals surface area contributed by atoms with E-state index in [2.05, 4.69) is 25.9 Å². The molecule has 12 nitrogen and oxygen atoms in total. The average molecular weight is 612 g/mol. The summed E-state index contributed by atoms with van der Waals surface area (Å²) in [4.78, 5) is 71.3. The van der Waals surface area contributed by atoms with Crippen LogP contribution in [0, 0.1) is 26.7 Å². The molecule has 228 valence electrons. The molecule has 2 atom stereocenters. The molecule has 0 spiro atoms. The molecule has 4 rings (SSSR count). The molecule has 1 aromatic carbocycles. The smallest absolute Gasteiger partial charge is 0.340 e. The van der Waals surface area contributed by atoms with Gasteiger partial charge in [-0.05, 0) is 69.9 Å². The number of hydrogen-bond donors (Lipinski definition) is 4. The largest absolute Gasteiger partial charge is 0.496 e. The molecule has 1 saturated heterocycles. The normalized spacial score (nSPS) is 15.4. The first-order valence-electron chi connectivity index (χ1n) is 13.8. The van der Waals surface area contributed by atoms with Gasteiger partial charge in [-0.15, -0.1) is 0 Å². The Morgan fingerprint density at radius 1 is 1.14 bits per heavy atom. The molecule has 3 aromatic rings. The summed E-state index contributed by atoms with van der Waals surface area (Å²) in [6.07, 6.45) is 1.30. The highest BCUT2D eigenvalue weighted by Crippen LogP contribution is 2.30. The van der Waals surface area contributed by atoms with Crippen LogP contribution in [-0.2, 0) is 19.1 Å². The number of aryl methyl sites for hydroxylation is 3. The van der Waals surface area contributed by atoms with Gasteiger partial charge in [0, 0.05) is 28.6 Å². The Kier molecular flexibility index (Phi) is 10.0. The highest BCUT2D eigenvalue weighted by molar-refractivity contribution is 6.31. The van der Waals surface area contributed by atoms with Crippen molar-refractivity contribution in [1.82, 2.24) is 25.9 Å². The van der Waals surface area contributed by atoms with Crippen LogP contribution in [-0.4, -0.2) is 72.3 Å². The van der Waals surface area contributed by atoms with Crippen LogP contribution in [0.25, 0.3) is 10.9 Å². The van der Waals surface area contributed by atoms with Gasteiger partial charge in [0.2, 0.25) is 11.8 Å². The van der Waals surface area contributed by atoms with Crippen LogP contribution in [0.5, 0.6) is 5.75 Å². The van der Waals surface area contributed by atoms with E-state index in [0.29, 0.717) is 45.9 Å². The summed E-state index contributed by atoms with van der Waals surface area (Å²) < 4.78 is 10.6. The number of piperidine rings is 1. The zero-order chi connectivity index (χ0) is 31.3. The van der Waals surface area contributed by atoms with Gasteiger partial charge in [-0.3, -0.25) is 24.2 Å². The number of aromatic amines is 1. The summed E-state index contributed by atoms with van der Waals surface area (Å²) in [7, 11) is 1.49. The van der Waals surface area contributed by atoms with Crippen LogP contribution >= 0.6 is 11.6 Å². The van der Waals surface area contributed by atoms with E-state index in [1.807, 2.05) is 6.92 Å². The Morgan fingerprint density at radius 3 is 2.60 bits per heavy atom. The fraction of sp³-hybridized carbons (Fsp3) is 0.400. The molecule has 3 heterocycles. The molecule has 3 amide bonds. The van der Waals surface area contributed by atoms with Crippen LogP contribution in [0.15, 0.2) is 24.3 Å². The number of Topliss-reactive ketones (excluding diaryl/α,β-unsaturated/α-hetero) is 1. The lowest BCUT2D eigenvalue weighted by molar-refractivity contribution is -0.132. The number of esters is 1. The number of H-pyrrole nitrogens is 1. The van der Waals surface area contributed by atoms with Crippen molar-refractivity contribution < 1.29 is 33.4 Å². The second-order valence-corrected chi connectivity index (χ2v) is 10.9. The molecule has 1 aliphatic heterocycles. The first-order chi connectivity index (χ1) is 20.5. The van der Waals surface area contributed by atoms with Gasteiger partial charge < -0.3 is 30.4 Å². The number of fused-ring (bicyclic) bond motifs is 1. The van der Waals surface area contributed by atoms with E-state index in [0.717, 1.165) is 12.1 Å². The number of pyridine rings is 1. The van der Waals surface area contributed by atoms with E-state index in [1.165, 1.54) is 7.11 Å². The van der Waals surface area contributed by atoms with Crippen molar-refractivity contribution in [2.75, 3.05) is 26.8 Å². The monoisotopic (exact) mass is 611 g/mol. The lowest BCUT2D eigenvalue weighted by Gasteiger charge is -2.26. The molecule has 1 aliphatic rings. The fourth-order valence-corrected chi connectivity index (χ4v) is 5.43. The minimum atomic E-state index is -1.12. The van der Waals surface area contributed by atoms with E-state index in [4.69, 9.17) is 21.1 Å². The molecule has 13 heteroatoms. The summed E-state index contributed by atoms with van der Waals surface area (Å²) >= 11 is 6.10. The third-order valence-corrected chi connectivity index (χ3v) is 7.48. The molecule has 1 fully saturated rings. The predicted molar refractivity (Wildman–Crippen MR) is 158 cm³/mol. The van der Waals surface area contributed by atoms with E-state index < -0.39 is 48.7 Å². The highest BCUT2D eigenvalue weighted by atomic mass is 35.5. The zero-order valence-electron chi connectivity index (χ0n) is 24.4. The number of carbonyl (C=O) groups excluding carboxylic acids is 5. The second-order valence-electron chi connectivity index (χ2n) is 10.5. The van der Waals surface area contributed by atoms with E-state index in [1.54, 1.807) is 38.1 Å². The molecule has 0 unspecified atom stereocenters. The van der Waals surface area contributed by atoms with Gasteiger partial charge in [0.15, 0.2) is 12.4 Å². The summed E-state index contributed by atoms with van der Waals surface area (Å²) in [5, 5.41) is 8.95. The number of methoxy groups -OCH3 is 1. The number of hydrogen-bond acceptors (Lipinski definition) is 8. The van der Waals surface area contributed by atoms with Crippen LogP contribution in [0.1, 0.15) is 57.1 Å². The quantitative estimate of drug-likeness (QED) is 0.240. The Bertz CT molecular complexity index is 1560. The maximum atomic E-state index is 13.2. The maximum Gasteiger partial charge on any atom is 0.340 e. The van der Waals surface area contributed by atoms with Gasteiger partial charge in [0.05, 0.1) is 36.5 Å². The van der Waals surface area contributed by atoms with Crippen LogP contribution < -0.4 is 20.7 Å². The van der Waals surface area contributed by atoms with Gasteiger partial charge in [0.25, 0.3) is 5.91 Å². The predicted octanol–water partition coefficient (Wildman–Crippen LogP) is 2.71. The molecule has 2 aromatic heterocycles. The van der Waals surface area contributed by atoms with Crippen LogP contribution in [0.3, 0.4) is 0 Å². The molecule has 0 radical (unpaired) electrons. The minimum Gasteiger partial charge on any atom is -0.496 e. The molecule has 0 aliphatic carbocycles. The topological polar surface area (TPSA) is 169 Å². The van der Waals surface area contributed by atoms with Gasteiger partial charge in [-0.25, -0.2) is 4.79 Å². The summed E-state index contributed by atoms with van der Waals surface area (Å²) in [6.45, 7) is 4.72. The van der Waals surface area contributed by atoms with Gasteiger partial charge >= 0.3 is 5.97 Å². The number of aromatic nitrogens is 2. The van der Waals surface area contributed by atoms with Crippen molar-refractivity contribution in [3.05, 3.63) is 57.5 Å². The molecule has 4 N–H and O–H groups in total. The third kappa shape index (κ3) is 7.69. The fourth-order valence-electron chi connectivity index (χ4n) is 5.22. The molecule has 0 saturated carbocycles. The SMILES string of the molecule is COc1cc(Cl)cc2[nH]c(C(=O)NCC(=O)N[C@@H](C[C@@H]3CCCNC3=O)C(=O)COC(=O)c3c(C)cc(C)nc3C)cc12. The number of rotatable bonds is 11. The van der Waals surface area contributed by atoms with Crippen molar-refractivity contribution >= 4 is 52.0 Å². The standard InChI is InChI=1S/C30H34ClN5O7/c1-15-8-16(2)34-17(3)27(15)30(41)43-14-24(37)22(9-18-6-5-7-32-28(18)39)36-26(38)13-33-29(40)23-12-20-21(35-23)10-19(31)11-25(20)42-4/h8,10-12,18,22,35H,5-7,9,13-14H2,1-4H3,(H,32,39)(H,33,40)(H,36,38)/t18-,22-/m0/s1. The number of carbonyl (C=O) groups is 5. The Labute approximate surface area is 253 Å².